The van der Waals surface area contributed by atoms with E-state index in [0.29, 0.717) is 5.92 Å². The predicted octanol–water partition coefficient (Wildman–Crippen LogP) is 2.77. The summed E-state index contributed by atoms with van der Waals surface area (Å²) < 4.78 is 6.07. The molecule has 1 saturated heterocycles. The molecule has 3 rings (SSSR count). The van der Waals surface area contributed by atoms with Crippen molar-refractivity contribution in [3.8, 4) is 0 Å². The molecule has 1 spiro atoms. The maximum atomic E-state index is 6.07. The van der Waals surface area contributed by atoms with E-state index in [2.05, 4.69) is 23.5 Å². The Bertz CT molecular complexity index is 313. The smallest absolute Gasteiger partial charge is 0.0689 e. The fourth-order valence-corrected chi connectivity index (χ4v) is 3.42. The van der Waals surface area contributed by atoms with Gasteiger partial charge < -0.3 is 10.1 Å². The molecular formula is C14H21NO. The van der Waals surface area contributed by atoms with Crippen LogP contribution in [-0.4, -0.2) is 18.8 Å². The first-order valence-electron chi connectivity index (χ1n) is 6.63. The third-order valence-corrected chi connectivity index (χ3v) is 4.28. The standard InChI is InChI=1S/C14H21NO/c1-4-9-15-13(5-1)12-6-10-16-14(11-12)7-2-3-8-14/h1,4-5,12,15H,2-3,6-11H2/t12-/m1/s1. The minimum absolute atomic E-state index is 0.243. The molecule has 3 aliphatic rings. The average Bonchev–Trinajstić information content (AvgIpc) is 2.78. The molecule has 0 aromatic carbocycles. The third-order valence-electron chi connectivity index (χ3n) is 4.28. The molecule has 0 amide bonds. The molecule has 0 bridgehead atoms. The van der Waals surface area contributed by atoms with E-state index in [-0.39, 0.29) is 5.60 Å². The van der Waals surface area contributed by atoms with E-state index >= 15 is 0 Å². The highest BCUT2D eigenvalue weighted by molar-refractivity contribution is 5.20. The van der Waals surface area contributed by atoms with Crippen LogP contribution in [0.4, 0.5) is 0 Å². The zero-order valence-corrected chi connectivity index (χ0v) is 9.87. The van der Waals surface area contributed by atoms with Crippen LogP contribution < -0.4 is 5.32 Å². The summed E-state index contributed by atoms with van der Waals surface area (Å²) in [6.45, 7) is 1.95. The van der Waals surface area contributed by atoms with Crippen molar-refractivity contribution in [2.75, 3.05) is 13.2 Å². The number of ether oxygens (including phenoxy) is 1. The summed E-state index contributed by atoms with van der Waals surface area (Å²) in [5.41, 5.74) is 1.68. The highest BCUT2D eigenvalue weighted by Gasteiger charge is 2.40. The Morgan fingerprint density at radius 3 is 2.94 bits per heavy atom. The van der Waals surface area contributed by atoms with Crippen LogP contribution in [0.3, 0.4) is 0 Å². The molecule has 2 aliphatic heterocycles. The molecule has 2 heterocycles. The van der Waals surface area contributed by atoms with Gasteiger partial charge in [-0.3, -0.25) is 0 Å². The van der Waals surface area contributed by atoms with Gasteiger partial charge in [0.1, 0.15) is 0 Å². The van der Waals surface area contributed by atoms with Gasteiger partial charge in [-0.25, -0.2) is 0 Å². The Morgan fingerprint density at radius 2 is 2.19 bits per heavy atom. The van der Waals surface area contributed by atoms with E-state index in [9.17, 15) is 0 Å². The minimum atomic E-state index is 0.243. The first-order chi connectivity index (χ1) is 7.88. The van der Waals surface area contributed by atoms with Gasteiger partial charge in [-0.2, -0.15) is 0 Å². The zero-order chi connectivity index (χ0) is 10.8. The Morgan fingerprint density at radius 1 is 1.31 bits per heavy atom. The summed E-state index contributed by atoms with van der Waals surface area (Å²) >= 11 is 0. The summed E-state index contributed by atoms with van der Waals surface area (Å²) in [5, 5.41) is 3.51. The van der Waals surface area contributed by atoms with Gasteiger partial charge in [0.25, 0.3) is 0 Å². The lowest BCUT2D eigenvalue weighted by molar-refractivity contribution is -0.0877. The maximum Gasteiger partial charge on any atom is 0.0689 e. The van der Waals surface area contributed by atoms with Crippen LogP contribution in [0.15, 0.2) is 23.9 Å². The van der Waals surface area contributed by atoms with Gasteiger partial charge in [-0.1, -0.05) is 25.0 Å². The minimum Gasteiger partial charge on any atom is -0.385 e. The van der Waals surface area contributed by atoms with E-state index in [1.165, 1.54) is 44.2 Å². The number of hydrogen-bond donors (Lipinski definition) is 1. The lowest BCUT2D eigenvalue weighted by atomic mass is 9.82. The van der Waals surface area contributed by atoms with Crippen LogP contribution in [-0.2, 0) is 4.74 Å². The SMILES string of the molecule is C1=CCNC([C@@H]2CCOC3(CCCC3)C2)=C1. The zero-order valence-electron chi connectivity index (χ0n) is 9.87. The molecule has 88 valence electrons. The van der Waals surface area contributed by atoms with E-state index in [1.54, 1.807) is 0 Å². The first-order valence-corrected chi connectivity index (χ1v) is 6.63. The summed E-state index contributed by atoms with van der Waals surface area (Å²) in [5.74, 6) is 0.705. The molecule has 1 N–H and O–H groups in total. The Labute approximate surface area is 97.8 Å². The molecule has 1 aliphatic carbocycles. The second-order valence-corrected chi connectivity index (χ2v) is 5.36. The summed E-state index contributed by atoms with van der Waals surface area (Å²) in [6, 6.07) is 0. The molecule has 16 heavy (non-hydrogen) atoms. The fraction of sp³-hybridized carbons (Fsp3) is 0.714. The van der Waals surface area contributed by atoms with Crippen LogP contribution in [0, 0.1) is 5.92 Å². The molecule has 0 radical (unpaired) electrons. The maximum absolute atomic E-state index is 6.07. The van der Waals surface area contributed by atoms with Gasteiger partial charge in [0.2, 0.25) is 0 Å². The number of dihydropyridines is 1. The highest BCUT2D eigenvalue weighted by Crippen LogP contribution is 2.43. The molecule has 0 aromatic rings. The van der Waals surface area contributed by atoms with E-state index in [4.69, 9.17) is 4.74 Å². The largest absolute Gasteiger partial charge is 0.385 e. The van der Waals surface area contributed by atoms with Gasteiger partial charge in [0.05, 0.1) is 5.60 Å². The van der Waals surface area contributed by atoms with Gasteiger partial charge in [-0.15, -0.1) is 0 Å². The topological polar surface area (TPSA) is 21.3 Å². The molecular weight excluding hydrogens is 198 g/mol. The lowest BCUT2D eigenvalue weighted by Gasteiger charge is -2.39. The van der Waals surface area contributed by atoms with Crippen molar-refractivity contribution >= 4 is 0 Å². The molecule has 2 fully saturated rings. The highest BCUT2D eigenvalue weighted by atomic mass is 16.5. The van der Waals surface area contributed by atoms with Crippen LogP contribution in [0.2, 0.25) is 0 Å². The number of hydrogen-bond acceptors (Lipinski definition) is 2. The summed E-state index contributed by atoms with van der Waals surface area (Å²) in [6.07, 6.45) is 14.3. The molecule has 2 nitrogen and oxygen atoms in total. The predicted molar refractivity (Wildman–Crippen MR) is 65.1 cm³/mol. The quantitative estimate of drug-likeness (QED) is 0.732. The Balaban J connectivity index is 1.72. The monoisotopic (exact) mass is 219 g/mol. The van der Waals surface area contributed by atoms with Crippen LogP contribution in [0.5, 0.6) is 0 Å². The first kappa shape index (κ1) is 10.4. The van der Waals surface area contributed by atoms with Gasteiger partial charge in [0, 0.05) is 24.8 Å². The normalized spacial score (nSPS) is 32.5. The van der Waals surface area contributed by atoms with Crippen molar-refractivity contribution in [1.82, 2.24) is 5.32 Å². The van der Waals surface area contributed by atoms with E-state index < -0.39 is 0 Å². The summed E-state index contributed by atoms with van der Waals surface area (Å²) in [7, 11) is 0. The van der Waals surface area contributed by atoms with Gasteiger partial charge >= 0.3 is 0 Å². The van der Waals surface area contributed by atoms with Crippen molar-refractivity contribution < 1.29 is 4.74 Å². The molecule has 0 aromatic heterocycles. The average molecular weight is 219 g/mol. The van der Waals surface area contributed by atoms with Gasteiger partial charge in [0.15, 0.2) is 0 Å². The van der Waals surface area contributed by atoms with Crippen LogP contribution >= 0.6 is 0 Å². The van der Waals surface area contributed by atoms with Crippen molar-refractivity contribution in [2.45, 2.75) is 44.1 Å². The second-order valence-electron chi connectivity index (χ2n) is 5.36. The van der Waals surface area contributed by atoms with Crippen LogP contribution in [0.25, 0.3) is 0 Å². The third kappa shape index (κ3) is 1.91. The number of nitrogens with one attached hydrogen (secondary N) is 1. The van der Waals surface area contributed by atoms with Crippen molar-refractivity contribution in [1.29, 1.82) is 0 Å². The van der Waals surface area contributed by atoms with Crippen molar-refractivity contribution in [3.63, 3.8) is 0 Å². The van der Waals surface area contributed by atoms with Crippen LogP contribution in [0.1, 0.15) is 38.5 Å². The van der Waals surface area contributed by atoms with Gasteiger partial charge in [-0.05, 0) is 31.8 Å². The molecule has 0 unspecified atom stereocenters. The molecule has 2 heteroatoms. The van der Waals surface area contributed by atoms with E-state index in [1.807, 2.05) is 0 Å². The van der Waals surface area contributed by atoms with E-state index in [0.717, 1.165) is 13.2 Å². The second kappa shape index (κ2) is 4.25. The molecule has 1 saturated carbocycles. The fourth-order valence-electron chi connectivity index (χ4n) is 3.42. The Kier molecular flexibility index (Phi) is 2.76. The molecule has 1 atom stereocenters. The number of rotatable bonds is 1. The number of allylic oxidation sites excluding steroid dienone is 3. The lowest BCUT2D eigenvalue weighted by Crippen LogP contribution is -2.39. The van der Waals surface area contributed by atoms with Crippen molar-refractivity contribution in [2.24, 2.45) is 5.92 Å². The summed E-state index contributed by atoms with van der Waals surface area (Å²) in [4.78, 5) is 0. The van der Waals surface area contributed by atoms with Crippen molar-refractivity contribution in [3.05, 3.63) is 23.9 Å². The Hall–Kier alpha value is -0.760.